The molecule has 0 N–H and O–H groups in total. The van der Waals surface area contributed by atoms with Gasteiger partial charge in [0, 0.05) is 27.4 Å². The molecular weight excluding hydrogens is 451 g/mol. The van der Waals surface area contributed by atoms with Gasteiger partial charge in [-0.2, -0.15) is 0 Å². The van der Waals surface area contributed by atoms with Crippen LogP contribution in [0.15, 0.2) is 71.2 Å². The summed E-state index contributed by atoms with van der Waals surface area (Å²) in [7, 11) is 0. The Morgan fingerprint density at radius 1 is 1.13 bits per heavy atom. The molecule has 1 aliphatic rings. The molecule has 5 nitrogen and oxygen atoms in total. The van der Waals surface area contributed by atoms with Crippen molar-refractivity contribution in [3.63, 3.8) is 0 Å². The molecule has 158 valence electrons. The van der Waals surface area contributed by atoms with Crippen LogP contribution in [0.2, 0.25) is 5.02 Å². The molecule has 0 aliphatic carbocycles. The van der Waals surface area contributed by atoms with E-state index in [9.17, 15) is 5.11 Å². The number of nitrogens with zero attached hydrogens (tertiary/aromatic N) is 4. The van der Waals surface area contributed by atoms with E-state index in [0.29, 0.717) is 10.2 Å². The molecule has 0 saturated heterocycles. The van der Waals surface area contributed by atoms with E-state index in [2.05, 4.69) is 32.9 Å². The minimum Gasteiger partial charge on any atom is -0.859 e. The SMILES string of the molecule is Cl.[O-]C(C[n+]1cc(-c2ccccc2)n2c1CCC2)=Nc1nc(-c2ccc(Cl)cc2)cs1. The van der Waals surface area contributed by atoms with Gasteiger partial charge in [-0.1, -0.05) is 54.1 Å². The van der Waals surface area contributed by atoms with E-state index in [1.807, 2.05) is 52.4 Å². The molecule has 0 amide bonds. The monoisotopic (exact) mass is 470 g/mol. The average Bonchev–Trinajstić information content (AvgIpc) is 3.48. The first-order valence-corrected chi connectivity index (χ1v) is 11.1. The average molecular weight is 471 g/mol. The van der Waals surface area contributed by atoms with Gasteiger partial charge >= 0.3 is 0 Å². The smallest absolute Gasteiger partial charge is 0.257 e. The maximum absolute atomic E-state index is 12.7. The van der Waals surface area contributed by atoms with E-state index in [1.54, 1.807) is 0 Å². The van der Waals surface area contributed by atoms with Crippen LogP contribution in [0, 0.1) is 0 Å². The molecule has 0 spiro atoms. The van der Waals surface area contributed by atoms with Crippen LogP contribution in [0.4, 0.5) is 5.13 Å². The molecule has 0 saturated carbocycles. The van der Waals surface area contributed by atoms with E-state index < -0.39 is 0 Å². The maximum Gasteiger partial charge on any atom is 0.257 e. The highest BCUT2D eigenvalue weighted by Gasteiger charge is 2.28. The summed E-state index contributed by atoms with van der Waals surface area (Å²) in [5, 5.41) is 15.7. The van der Waals surface area contributed by atoms with Gasteiger partial charge in [-0.15, -0.1) is 23.7 Å². The van der Waals surface area contributed by atoms with Crippen LogP contribution in [-0.2, 0) is 19.5 Å². The largest absolute Gasteiger partial charge is 0.859 e. The first kappa shape index (κ1) is 21.6. The summed E-state index contributed by atoms with van der Waals surface area (Å²) in [6.45, 7) is 1.20. The fourth-order valence-electron chi connectivity index (χ4n) is 3.84. The highest BCUT2D eigenvalue weighted by molar-refractivity contribution is 7.13. The molecule has 1 aliphatic heterocycles. The summed E-state index contributed by atoms with van der Waals surface area (Å²) >= 11 is 7.32. The molecule has 2 aromatic carbocycles. The van der Waals surface area contributed by atoms with Crippen LogP contribution in [0.5, 0.6) is 0 Å². The van der Waals surface area contributed by atoms with Crippen molar-refractivity contribution in [3.8, 4) is 22.5 Å². The Morgan fingerprint density at radius 2 is 1.90 bits per heavy atom. The Balaban J connectivity index is 0.00000231. The van der Waals surface area contributed by atoms with Gasteiger partial charge in [-0.25, -0.2) is 19.1 Å². The summed E-state index contributed by atoms with van der Waals surface area (Å²) < 4.78 is 4.35. The Hall–Kier alpha value is -2.67. The van der Waals surface area contributed by atoms with Crippen molar-refractivity contribution in [2.75, 3.05) is 0 Å². The zero-order valence-corrected chi connectivity index (χ0v) is 19.0. The second-order valence-corrected chi connectivity index (χ2v) is 8.48. The Morgan fingerprint density at radius 3 is 2.68 bits per heavy atom. The lowest BCUT2D eigenvalue weighted by Crippen LogP contribution is -2.43. The first-order valence-electron chi connectivity index (χ1n) is 9.81. The quantitative estimate of drug-likeness (QED) is 0.241. The van der Waals surface area contributed by atoms with Crippen LogP contribution in [0.25, 0.3) is 22.5 Å². The number of aromatic nitrogens is 3. The third-order valence-electron chi connectivity index (χ3n) is 5.22. The minimum atomic E-state index is -0.197. The number of hydrogen-bond acceptors (Lipinski definition) is 4. The maximum atomic E-state index is 12.7. The Bertz CT molecular complexity index is 1220. The zero-order valence-electron chi connectivity index (χ0n) is 16.6. The number of halogens is 2. The van der Waals surface area contributed by atoms with Gasteiger partial charge in [-0.05, 0) is 18.6 Å². The van der Waals surface area contributed by atoms with Gasteiger partial charge < -0.3 is 5.11 Å². The molecule has 0 fully saturated rings. The summed E-state index contributed by atoms with van der Waals surface area (Å²) in [6.07, 6.45) is 4.13. The van der Waals surface area contributed by atoms with Gasteiger partial charge in [0.05, 0.1) is 18.7 Å². The highest BCUT2D eigenvalue weighted by atomic mass is 35.5. The molecule has 0 unspecified atom stereocenters. The second kappa shape index (κ2) is 9.22. The lowest BCUT2D eigenvalue weighted by Gasteiger charge is -2.07. The standard InChI is InChI=1S/C23H19ClN4OS.ClH/c24-18-10-8-16(9-11-18)19-15-30-23(25-19)26-21(29)14-27-13-20(17-5-2-1-3-6-17)28-12-4-7-22(27)28;/h1-3,5-6,8-11,13,15H,4,7,12,14H2;1H. The summed E-state index contributed by atoms with van der Waals surface area (Å²) in [5.74, 6) is 0.982. The lowest BCUT2D eigenvalue weighted by atomic mass is 10.2. The normalized spacial score (nSPS) is 13.1. The highest BCUT2D eigenvalue weighted by Crippen LogP contribution is 2.28. The molecule has 2 aromatic heterocycles. The molecule has 0 radical (unpaired) electrons. The van der Waals surface area contributed by atoms with E-state index in [0.717, 1.165) is 41.9 Å². The molecule has 0 atom stereocenters. The fraction of sp³-hybridized carbons (Fsp3) is 0.174. The minimum absolute atomic E-state index is 0. The van der Waals surface area contributed by atoms with E-state index in [-0.39, 0.29) is 24.8 Å². The summed E-state index contributed by atoms with van der Waals surface area (Å²) in [5.41, 5.74) is 4.06. The van der Waals surface area contributed by atoms with Gasteiger partial charge in [-0.3, -0.25) is 0 Å². The van der Waals surface area contributed by atoms with Crippen LogP contribution < -0.4 is 9.67 Å². The summed E-state index contributed by atoms with van der Waals surface area (Å²) in [4.78, 5) is 8.73. The van der Waals surface area contributed by atoms with Crippen molar-refractivity contribution in [2.24, 2.45) is 4.99 Å². The third kappa shape index (κ3) is 4.51. The van der Waals surface area contributed by atoms with Gasteiger partial charge in [0.2, 0.25) is 5.13 Å². The molecule has 3 heterocycles. The van der Waals surface area contributed by atoms with E-state index in [1.165, 1.54) is 17.2 Å². The molecular formula is C23H20Cl2N4OS. The number of rotatable bonds is 5. The van der Waals surface area contributed by atoms with Crippen molar-refractivity contribution in [1.82, 2.24) is 9.55 Å². The number of imidazole rings is 1. The number of fused-ring (bicyclic) bond motifs is 1. The van der Waals surface area contributed by atoms with Crippen LogP contribution in [0.3, 0.4) is 0 Å². The predicted molar refractivity (Wildman–Crippen MR) is 125 cm³/mol. The van der Waals surface area contributed by atoms with E-state index >= 15 is 0 Å². The fourth-order valence-corrected chi connectivity index (χ4v) is 4.68. The molecule has 5 rings (SSSR count). The van der Waals surface area contributed by atoms with Crippen molar-refractivity contribution >= 4 is 46.4 Å². The number of aliphatic imine (C=N–C) groups is 1. The van der Waals surface area contributed by atoms with E-state index in [4.69, 9.17) is 11.6 Å². The zero-order chi connectivity index (χ0) is 20.5. The van der Waals surface area contributed by atoms with Crippen LogP contribution in [0.1, 0.15) is 12.2 Å². The molecule has 8 heteroatoms. The Labute approximate surface area is 195 Å². The number of thiazole rings is 1. The van der Waals surface area contributed by atoms with Crippen LogP contribution >= 0.6 is 35.3 Å². The predicted octanol–water partition coefficient (Wildman–Crippen LogP) is 4.68. The second-order valence-electron chi connectivity index (χ2n) is 7.21. The lowest BCUT2D eigenvalue weighted by molar-refractivity contribution is -0.693. The van der Waals surface area contributed by atoms with Crippen molar-refractivity contribution < 1.29 is 9.67 Å². The molecule has 4 aromatic rings. The molecule has 0 bridgehead atoms. The van der Waals surface area contributed by atoms with Gasteiger partial charge in [0.25, 0.3) is 5.82 Å². The third-order valence-corrected chi connectivity index (χ3v) is 6.21. The van der Waals surface area contributed by atoms with Gasteiger partial charge in [0.15, 0.2) is 5.69 Å². The van der Waals surface area contributed by atoms with Crippen LogP contribution in [-0.4, -0.2) is 15.4 Å². The molecule has 31 heavy (non-hydrogen) atoms. The van der Waals surface area contributed by atoms with Crippen molar-refractivity contribution in [1.29, 1.82) is 0 Å². The number of benzene rings is 2. The van der Waals surface area contributed by atoms with Gasteiger partial charge in [0.1, 0.15) is 12.7 Å². The van der Waals surface area contributed by atoms with Crippen molar-refractivity contribution in [3.05, 3.63) is 77.0 Å². The summed E-state index contributed by atoms with van der Waals surface area (Å²) in [6, 6.07) is 17.8. The first-order chi connectivity index (χ1) is 14.7. The Kier molecular flexibility index (Phi) is 6.41. The number of hydrogen-bond donors (Lipinski definition) is 0. The van der Waals surface area contributed by atoms with Crippen molar-refractivity contribution in [2.45, 2.75) is 25.9 Å². The topological polar surface area (TPSA) is 57.1 Å².